The van der Waals surface area contributed by atoms with Crippen molar-refractivity contribution in [1.29, 1.82) is 0 Å². The lowest BCUT2D eigenvalue weighted by Gasteiger charge is -2.18. The van der Waals surface area contributed by atoms with Crippen LogP contribution in [0.1, 0.15) is 18.1 Å². The highest BCUT2D eigenvalue weighted by molar-refractivity contribution is 5.31. The first-order valence-corrected chi connectivity index (χ1v) is 5.30. The van der Waals surface area contributed by atoms with Crippen LogP contribution >= 0.6 is 0 Å². The third-order valence-electron chi connectivity index (χ3n) is 2.42. The molecular weight excluding hydrogens is 241 g/mol. The monoisotopic (exact) mass is 255 g/mol. The highest BCUT2D eigenvalue weighted by Gasteiger charge is 2.19. The van der Waals surface area contributed by atoms with E-state index in [1.807, 2.05) is 0 Å². The highest BCUT2D eigenvalue weighted by atomic mass is 19.1. The molecule has 18 heavy (non-hydrogen) atoms. The van der Waals surface area contributed by atoms with E-state index >= 15 is 0 Å². The van der Waals surface area contributed by atoms with Gasteiger partial charge in [0.25, 0.3) is 0 Å². The van der Waals surface area contributed by atoms with E-state index in [0.717, 1.165) is 6.07 Å². The molecule has 0 aromatic heterocycles. The fraction of sp³-hybridized carbons (Fsp3) is 0.455. The van der Waals surface area contributed by atoms with Gasteiger partial charge in [-0.2, -0.15) is 0 Å². The van der Waals surface area contributed by atoms with E-state index in [0.29, 0.717) is 0 Å². The molecule has 2 unspecified atom stereocenters. The summed E-state index contributed by atoms with van der Waals surface area (Å²) in [7, 11) is 1.38. The van der Waals surface area contributed by atoms with Gasteiger partial charge in [-0.15, -0.1) is 0 Å². The van der Waals surface area contributed by atoms with Gasteiger partial charge in [-0.3, -0.25) is 0 Å². The van der Waals surface area contributed by atoms with Crippen LogP contribution in [0.4, 0.5) is 4.39 Å². The molecule has 0 fully saturated rings. The van der Waals surface area contributed by atoms with E-state index in [-0.39, 0.29) is 24.3 Å². The van der Waals surface area contributed by atoms with Crippen LogP contribution < -0.4 is 4.74 Å². The maximum absolute atomic E-state index is 13.2. The fourth-order valence-electron chi connectivity index (χ4n) is 1.49. The molecule has 1 aromatic carbocycles. The van der Waals surface area contributed by atoms with Gasteiger partial charge >= 0.3 is 0 Å². The molecule has 0 aliphatic carbocycles. The molecule has 0 radical (unpaired) electrons. The molecule has 2 N–H and O–H groups in total. The number of aliphatic hydroxyl groups is 2. The van der Waals surface area contributed by atoms with Gasteiger partial charge < -0.3 is 14.9 Å². The topological polar surface area (TPSA) is 98.5 Å². The Morgan fingerprint density at radius 1 is 1.44 bits per heavy atom. The van der Waals surface area contributed by atoms with Crippen LogP contribution in [0.3, 0.4) is 0 Å². The van der Waals surface area contributed by atoms with Gasteiger partial charge in [0.2, 0.25) is 0 Å². The number of halogens is 1. The second-order valence-corrected chi connectivity index (χ2v) is 3.68. The molecule has 98 valence electrons. The minimum Gasteiger partial charge on any atom is -0.497 e. The van der Waals surface area contributed by atoms with Gasteiger partial charge in [-0.25, -0.2) is 4.39 Å². The summed E-state index contributed by atoms with van der Waals surface area (Å²) in [5.74, 6) is -0.308. The third-order valence-corrected chi connectivity index (χ3v) is 2.42. The average molecular weight is 255 g/mol. The summed E-state index contributed by atoms with van der Waals surface area (Å²) in [5, 5.41) is 22.7. The Hall–Kier alpha value is -1.82. The third kappa shape index (κ3) is 3.89. The summed E-state index contributed by atoms with van der Waals surface area (Å²) < 4.78 is 18.1. The maximum atomic E-state index is 13.2. The van der Waals surface area contributed by atoms with Gasteiger partial charge in [0.05, 0.1) is 13.2 Å². The number of hydrogen-bond donors (Lipinski definition) is 2. The lowest BCUT2D eigenvalue weighted by molar-refractivity contribution is 0.0148. The van der Waals surface area contributed by atoms with Crippen LogP contribution in [0.25, 0.3) is 10.4 Å². The molecule has 0 saturated heterocycles. The number of hydrogen-bond acceptors (Lipinski definition) is 4. The van der Waals surface area contributed by atoms with Crippen LogP contribution in [-0.4, -0.2) is 30.0 Å². The van der Waals surface area contributed by atoms with E-state index in [9.17, 15) is 14.6 Å². The van der Waals surface area contributed by atoms with Crippen molar-refractivity contribution in [3.05, 3.63) is 40.0 Å². The number of aliphatic hydroxyl groups excluding tert-OH is 2. The second kappa shape index (κ2) is 6.80. The first-order valence-electron chi connectivity index (χ1n) is 5.30. The van der Waals surface area contributed by atoms with Gasteiger partial charge in [0.1, 0.15) is 17.7 Å². The second-order valence-electron chi connectivity index (χ2n) is 3.68. The minimum absolute atomic E-state index is 0.0567. The molecule has 0 bridgehead atoms. The zero-order valence-electron chi connectivity index (χ0n) is 9.82. The molecule has 0 saturated carbocycles. The Bertz CT molecular complexity index is 449. The van der Waals surface area contributed by atoms with Crippen molar-refractivity contribution in [1.82, 2.24) is 0 Å². The number of ether oxygens (including phenoxy) is 1. The van der Waals surface area contributed by atoms with Crippen molar-refractivity contribution < 1.29 is 19.3 Å². The van der Waals surface area contributed by atoms with Crippen LogP contribution in [0.15, 0.2) is 23.3 Å². The van der Waals surface area contributed by atoms with Crippen LogP contribution in [-0.2, 0) is 0 Å². The Kier molecular flexibility index (Phi) is 5.38. The number of benzene rings is 1. The quantitative estimate of drug-likeness (QED) is 0.461. The van der Waals surface area contributed by atoms with Gasteiger partial charge in [0, 0.05) is 17.5 Å². The van der Waals surface area contributed by atoms with Gasteiger partial charge in [0.15, 0.2) is 0 Å². The Morgan fingerprint density at radius 2 is 2.17 bits per heavy atom. The molecule has 0 aliphatic rings. The first-order chi connectivity index (χ1) is 8.58. The Balaban J connectivity index is 2.78. The van der Waals surface area contributed by atoms with Crippen molar-refractivity contribution in [2.45, 2.75) is 18.6 Å². The fourth-order valence-corrected chi connectivity index (χ4v) is 1.49. The normalized spacial score (nSPS) is 13.6. The minimum atomic E-state index is -1.26. The number of azide groups is 1. The van der Waals surface area contributed by atoms with Crippen molar-refractivity contribution in [2.24, 2.45) is 5.11 Å². The largest absolute Gasteiger partial charge is 0.497 e. The van der Waals surface area contributed by atoms with Crippen LogP contribution in [0.2, 0.25) is 0 Å². The predicted octanol–water partition coefficient (Wildman–Crippen LogP) is 1.93. The molecule has 1 rings (SSSR count). The molecule has 7 heteroatoms. The molecular formula is C11H14FN3O3. The van der Waals surface area contributed by atoms with E-state index in [1.54, 1.807) is 0 Å². The van der Waals surface area contributed by atoms with E-state index in [4.69, 9.17) is 10.3 Å². The van der Waals surface area contributed by atoms with Crippen molar-refractivity contribution in [2.75, 3.05) is 13.7 Å². The number of methoxy groups -OCH3 is 1. The summed E-state index contributed by atoms with van der Waals surface area (Å²) in [5.41, 5.74) is 8.30. The van der Waals surface area contributed by atoms with Crippen molar-refractivity contribution >= 4 is 0 Å². The van der Waals surface area contributed by atoms with Crippen LogP contribution in [0.5, 0.6) is 5.75 Å². The standard InChI is InChI=1S/C11H14FN3O3/c1-18-9-5-7(4-8(12)6-9)11(17)10(16)2-3-14-15-13/h4-6,10-11,16-17H,2-3H2,1H3. The van der Waals surface area contributed by atoms with Crippen molar-refractivity contribution in [3.63, 3.8) is 0 Å². The Labute approximate surface area is 103 Å². The smallest absolute Gasteiger partial charge is 0.127 e. The average Bonchev–Trinajstić information content (AvgIpc) is 2.37. The highest BCUT2D eigenvalue weighted by Crippen LogP contribution is 2.24. The summed E-state index contributed by atoms with van der Waals surface area (Å²) in [6, 6.07) is 3.72. The molecule has 1 aromatic rings. The lowest BCUT2D eigenvalue weighted by atomic mass is 10.0. The Morgan fingerprint density at radius 3 is 2.78 bits per heavy atom. The predicted molar refractivity (Wildman–Crippen MR) is 62.5 cm³/mol. The summed E-state index contributed by atoms with van der Waals surface area (Å²) in [6.45, 7) is 0.0567. The maximum Gasteiger partial charge on any atom is 0.127 e. The zero-order valence-corrected chi connectivity index (χ0v) is 9.82. The lowest BCUT2D eigenvalue weighted by Crippen LogP contribution is -2.19. The SMILES string of the molecule is COc1cc(F)cc(C(O)C(O)CCN=[N+]=[N-])c1. The molecule has 0 spiro atoms. The van der Waals surface area contributed by atoms with Crippen LogP contribution in [0, 0.1) is 5.82 Å². The van der Waals surface area contributed by atoms with Gasteiger partial charge in [-0.1, -0.05) is 5.11 Å². The first kappa shape index (κ1) is 14.2. The molecule has 0 aliphatic heterocycles. The van der Waals surface area contributed by atoms with E-state index < -0.39 is 18.0 Å². The zero-order chi connectivity index (χ0) is 13.5. The van der Waals surface area contributed by atoms with E-state index in [1.165, 1.54) is 19.2 Å². The number of rotatable bonds is 6. The number of nitrogens with zero attached hydrogens (tertiary/aromatic N) is 3. The molecule has 6 nitrogen and oxygen atoms in total. The van der Waals surface area contributed by atoms with Gasteiger partial charge in [-0.05, 0) is 29.6 Å². The summed E-state index contributed by atoms with van der Waals surface area (Å²) >= 11 is 0. The molecule has 0 amide bonds. The molecule has 2 atom stereocenters. The van der Waals surface area contributed by atoms with Crippen molar-refractivity contribution in [3.8, 4) is 5.75 Å². The molecule has 0 heterocycles. The summed E-state index contributed by atoms with van der Waals surface area (Å²) in [6.07, 6.45) is -2.31. The van der Waals surface area contributed by atoms with E-state index in [2.05, 4.69) is 10.0 Å². The summed E-state index contributed by atoms with van der Waals surface area (Å²) in [4.78, 5) is 2.53.